The molecule has 0 unspecified atom stereocenters. The maximum atomic E-state index is 12.6. The van der Waals surface area contributed by atoms with Crippen molar-refractivity contribution in [2.75, 3.05) is 19.6 Å². The van der Waals surface area contributed by atoms with E-state index in [1.54, 1.807) is 11.0 Å². The Balaban J connectivity index is 1.52. The molecule has 2 atom stereocenters. The third-order valence-electron chi connectivity index (χ3n) is 5.13. The van der Waals surface area contributed by atoms with E-state index in [0.29, 0.717) is 24.4 Å². The molecule has 122 valence electrons. The first-order valence-corrected chi connectivity index (χ1v) is 8.65. The molecule has 1 amide bonds. The van der Waals surface area contributed by atoms with E-state index in [0.717, 1.165) is 32.5 Å². The minimum atomic E-state index is 0.325. The van der Waals surface area contributed by atoms with Crippen molar-refractivity contribution in [2.24, 2.45) is 0 Å². The molecule has 0 saturated carbocycles. The summed E-state index contributed by atoms with van der Waals surface area (Å²) in [6.45, 7) is 6.26. The van der Waals surface area contributed by atoms with Crippen molar-refractivity contribution in [2.45, 2.75) is 64.1 Å². The van der Waals surface area contributed by atoms with Crippen LogP contribution in [0.1, 0.15) is 45.4 Å². The van der Waals surface area contributed by atoms with E-state index in [9.17, 15) is 4.79 Å². The molecule has 0 N–H and O–H groups in total. The molecule has 3 heterocycles. The Morgan fingerprint density at radius 2 is 2.05 bits per heavy atom. The maximum Gasteiger partial charge on any atom is 0.222 e. The smallest absolute Gasteiger partial charge is 0.222 e. The minimum Gasteiger partial charge on any atom is -0.338 e. The highest BCUT2D eigenvalue weighted by atomic mass is 16.2. The molecule has 22 heavy (non-hydrogen) atoms. The number of likely N-dealkylation sites (N-methyl/N-ethyl adjacent to an activating group) is 1. The Bertz CT molecular complexity index is 475. The lowest BCUT2D eigenvalue weighted by atomic mass is 10.0. The van der Waals surface area contributed by atoms with Crippen LogP contribution in [0.3, 0.4) is 0 Å². The molecule has 0 bridgehead atoms. The summed E-state index contributed by atoms with van der Waals surface area (Å²) in [6, 6.07) is 1.04. The van der Waals surface area contributed by atoms with E-state index in [-0.39, 0.29) is 0 Å². The van der Waals surface area contributed by atoms with Crippen molar-refractivity contribution in [1.82, 2.24) is 24.6 Å². The van der Waals surface area contributed by atoms with Crippen LogP contribution in [0.15, 0.2) is 12.7 Å². The topological polar surface area (TPSA) is 54.3 Å². The first-order chi connectivity index (χ1) is 10.8. The third-order valence-corrected chi connectivity index (χ3v) is 5.13. The van der Waals surface area contributed by atoms with Crippen molar-refractivity contribution in [3.63, 3.8) is 0 Å². The average molecular weight is 305 g/mol. The number of carbonyl (C=O) groups is 1. The summed E-state index contributed by atoms with van der Waals surface area (Å²) in [7, 11) is 0. The number of carbonyl (C=O) groups excluding carboxylic acids is 1. The highest BCUT2D eigenvalue weighted by Gasteiger charge is 2.38. The van der Waals surface area contributed by atoms with E-state index < -0.39 is 0 Å². The zero-order chi connectivity index (χ0) is 15.4. The molecule has 2 fully saturated rings. The van der Waals surface area contributed by atoms with Gasteiger partial charge in [0, 0.05) is 31.6 Å². The number of aryl methyl sites for hydroxylation is 1. The largest absolute Gasteiger partial charge is 0.338 e. The predicted octanol–water partition coefficient (Wildman–Crippen LogP) is 1.53. The van der Waals surface area contributed by atoms with Gasteiger partial charge < -0.3 is 4.90 Å². The van der Waals surface area contributed by atoms with Gasteiger partial charge in [0.2, 0.25) is 5.91 Å². The van der Waals surface area contributed by atoms with Gasteiger partial charge in [0.1, 0.15) is 12.7 Å². The normalized spacial score (nSPS) is 26.0. The van der Waals surface area contributed by atoms with Gasteiger partial charge in [-0.2, -0.15) is 5.10 Å². The van der Waals surface area contributed by atoms with Gasteiger partial charge >= 0.3 is 0 Å². The number of rotatable bonds is 6. The lowest BCUT2D eigenvalue weighted by molar-refractivity contribution is -0.133. The second-order valence-electron chi connectivity index (χ2n) is 6.40. The molecule has 2 aliphatic rings. The fourth-order valence-electron chi connectivity index (χ4n) is 4.07. The van der Waals surface area contributed by atoms with Crippen LogP contribution < -0.4 is 0 Å². The van der Waals surface area contributed by atoms with Gasteiger partial charge in [-0.3, -0.25) is 14.4 Å². The number of hydrogen-bond acceptors (Lipinski definition) is 4. The van der Waals surface area contributed by atoms with Crippen molar-refractivity contribution in [3.05, 3.63) is 12.7 Å². The molecule has 1 aromatic rings. The van der Waals surface area contributed by atoms with Crippen LogP contribution in [0.25, 0.3) is 0 Å². The highest BCUT2D eigenvalue weighted by Crippen LogP contribution is 2.30. The monoisotopic (exact) mass is 305 g/mol. The van der Waals surface area contributed by atoms with Crippen LogP contribution in [-0.2, 0) is 11.3 Å². The minimum absolute atomic E-state index is 0.325. The van der Waals surface area contributed by atoms with Crippen molar-refractivity contribution in [1.29, 1.82) is 0 Å². The molecule has 3 rings (SSSR count). The summed E-state index contributed by atoms with van der Waals surface area (Å²) < 4.78 is 1.80. The zero-order valence-corrected chi connectivity index (χ0v) is 13.5. The SMILES string of the molecule is CCN1CCC[C@H]1[C@H]1CCCN1C(=O)CCCn1cncn1. The van der Waals surface area contributed by atoms with E-state index in [1.807, 2.05) is 0 Å². The molecular formula is C16H27N5O. The molecule has 6 heteroatoms. The van der Waals surface area contributed by atoms with Gasteiger partial charge in [-0.15, -0.1) is 0 Å². The van der Waals surface area contributed by atoms with E-state index in [1.165, 1.54) is 32.1 Å². The van der Waals surface area contributed by atoms with E-state index >= 15 is 0 Å². The second kappa shape index (κ2) is 7.22. The van der Waals surface area contributed by atoms with Gasteiger partial charge in [0.25, 0.3) is 0 Å². The standard InChI is InChI=1S/C16H27N5O/c1-2-19-9-3-6-14(19)15-7-4-11-21(15)16(22)8-5-10-20-13-17-12-18-20/h12-15H,2-11H2,1H3/t14-,15+/m0/s1. The van der Waals surface area contributed by atoms with Crippen LogP contribution in [0, 0.1) is 0 Å². The van der Waals surface area contributed by atoms with Crippen molar-refractivity contribution < 1.29 is 4.79 Å². The number of hydrogen-bond donors (Lipinski definition) is 0. The fourth-order valence-corrected chi connectivity index (χ4v) is 4.07. The molecule has 1 aromatic heterocycles. The summed E-state index contributed by atoms with van der Waals surface area (Å²) in [5.74, 6) is 0.325. The molecule has 0 radical (unpaired) electrons. The first-order valence-electron chi connectivity index (χ1n) is 8.65. The van der Waals surface area contributed by atoms with Crippen LogP contribution >= 0.6 is 0 Å². The molecular weight excluding hydrogens is 278 g/mol. The average Bonchev–Trinajstić information content (AvgIpc) is 3.26. The van der Waals surface area contributed by atoms with Crippen LogP contribution in [-0.4, -0.2) is 62.2 Å². The van der Waals surface area contributed by atoms with Gasteiger partial charge in [0.05, 0.1) is 0 Å². The quantitative estimate of drug-likeness (QED) is 0.800. The number of nitrogens with zero attached hydrogens (tertiary/aromatic N) is 5. The third kappa shape index (κ3) is 3.32. The van der Waals surface area contributed by atoms with Crippen molar-refractivity contribution >= 4 is 5.91 Å². The fraction of sp³-hybridized carbons (Fsp3) is 0.812. The summed E-state index contributed by atoms with van der Waals surface area (Å²) in [4.78, 5) is 21.3. The molecule has 2 saturated heterocycles. The molecule has 2 aliphatic heterocycles. The van der Waals surface area contributed by atoms with Crippen LogP contribution in [0.5, 0.6) is 0 Å². The Hall–Kier alpha value is -1.43. The van der Waals surface area contributed by atoms with E-state index in [2.05, 4.69) is 26.8 Å². The zero-order valence-electron chi connectivity index (χ0n) is 13.5. The Morgan fingerprint density at radius 1 is 1.23 bits per heavy atom. The van der Waals surface area contributed by atoms with Gasteiger partial charge in [0.15, 0.2) is 0 Å². The number of amides is 1. The number of likely N-dealkylation sites (tertiary alicyclic amines) is 2. The van der Waals surface area contributed by atoms with Crippen molar-refractivity contribution in [3.8, 4) is 0 Å². The lowest BCUT2D eigenvalue weighted by Crippen LogP contribution is -2.48. The summed E-state index contributed by atoms with van der Waals surface area (Å²) in [5.41, 5.74) is 0. The number of aromatic nitrogens is 3. The Morgan fingerprint density at radius 3 is 2.82 bits per heavy atom. The lowest BCUT2D eigenvalue weighted by Gasteiger charge is -2.34. The van der Waals surface area contributed by atoms with Gasteiger partial charge in [-0.25, -0.2) is 4.98 Å². The van der Waals surface area contributed by atoms with Gasteiger partial charge in [-0.05, 0) is 45.2 Å². The summed E-state index contributed by atoms with van der Waals surface area (Å²) >= 11 is 0. The van der Waals surface area contributed by atoms with Crippen LogP contribution in [0.2, 0.25) is 0 Å². The maximum absolute atomic E-state index is 12.6. The molecule has 0 spiro atoms. The highest BCUT2D eigenvalue weighted by molar-refractivity contribution is 5.76. The second-order valence-corrected chi connectivity index (χ2v) is 6.40. The van der Waals surface area contributed by atoms with Crippen LogP contribution in [0.4, 0.5) is 0 Å². The molecule has 6 nitrogen and oxygen atoms in total. The molecule has 0 aliphatic carbocycles. The Kier molecular flexibility index (Phi) is 5.08. The van der Waals surface area contributed by atoms with E-state index in [4.69, 9.17) is 0 Å². The Labute approximate surface area is 132 Å². The summed E-state index contributed by atoms with van der Waals surface area (Å²) in [6.07, 6.45) is 9.58. The summed E-state index contributed by atoms with van der Waals surface area (Å²) in [5, 5.41) is 4.08. The van der Waals surface area contributed by atoms with Gasteiger partial charge in [-0.1, -0.05) is 6.92 Å². The first kappa shape index (κ1) is 15.5. The molecule has 0 aromatic carbocycles. The predicted molar refractivity (Wildman–Crippen MR) is 84.3 cm³/mol.